The number of rotatable bonds is 4. The molecule has 1 aromatic carbocycles. The number of aliphatic hydroxyl groups excluding tert-OH is 1. The van der Waals surface area contributed by atoms with Gasteiger partial charge in [0.25, 0.3) is 0 Å². The summed E-state index contributed by atoms with van der Waals surface area (Å²) >= 11 is 0. The number of anilines is 1. The highest BCUT2D eigenvalue weighted by Crippen LogP contribution is 2.23. The third-order valence-corrected chi connectivity index (χ3v) is 2.91. The van der Waals surface area contributed by atoms with Crippen LogP contribution in [-0.4, -0.2) is 16.6 Å². The number of benzene rings is 1. The fourth-order valence-electron chi connectivity index (χ4n) is 1.40. The highest BCUT2D eigenvalue weighted by molar-refractivity contribution is 5.98. The van der Waals surface area contributed by atoms with Crippen LogP contribution in [-0.2, 0) is 4.79 Å². The number of amides is 1. The summed E-state index contributed by atoms with van der Waals surface area (Å²) < 4.78 is 0. The summed E-state index contributed by atoms with van der Waals surface area (Å²) in [4.78, 5) is 11.9. The number of nitrogens with one attached hydrogen (secondary N) is 1. The lowest BCUT2D eigenvalue weighted by Gasteiger charge is -2.23. The van der Waals surface area contributed by atoms with E-state index in [0.29, 0.717) is 17.7 Å². The quantitative estimate of drug-likeness (QED) is 0.746. The molecule has 0 aliphatic rings. The van der Waals surface area contributed by atoms with Gasteiger partial charge < -0.3 is 16.2 Å². The smallest absolute Gasteiger partial charge is 0.244 e. The van der Waals surface area contributed by atoms with Gasteiger partial charge in [-0.3, -0.25) is 4.79 Å². The molecule has 0 aliphatic carbocycles. The predicted octanol–water partition coefficient (Wildman–Crippen LogP) is 1.81. The summed E-state index contributed by atoms with van der Waals surface area (Å²) in [6, 6.07) is 7.16. The lowest BCUT2D eigenvalue weighted by Crippen LogP contribution is -2.47. The number of carbonyl (C=O) groups excluding carboxylic acids is 1. The van der Waals surface area contributed by atoms with Crippen molar-refractivity contribution in [3.05, 3.63) is 29.8 Å². The molecular formula is C13H20N2O2. The minimum absolute atomic E-state index is 0.242. The van der Waals surface area contributed by atoms with Crippen molar-refractivity contribution in [1.82, 2.24) is 0 Å². The standard InChI is InChI=1S/C13H20N2O2/c1-4-13(3,14)12(17)15-11-8-6-5-7-10(11)9(2)16/h5-9,16H,4,14H2,1-3H3,(H,15,17). The Balaban J connectivity index is 2.93. The van der Waals surface area contributed by atoms with E-state index in [1.807, 2.05) is 13.0 Å². The molecule has 1 rings (SSSR count). The van der Waals surface area contributed by atoms with E-state index >= 15 is 0 Å². The number of aliphatic hydroxyl groups is 1. The first-order valence-corrected chi connectivity index (χ1v) is 5.76. The summed E-state index contributed by atoms with van der Waals surface area (Å²) in [5, 5.41) is 12.4. The largest absolute Gasteiger partial charge is 0.389 e. The molecule has 0 saturated heterocycles. The first kappa shape index (κ1) is 13.7. The summed E-state index contributed by atoms with van der Waals surface area (Å²) in [5.74, 6) is -0.242. The maximum absolute atomic E-state index is 11.9. The van der Waals surface area contributed by atoms with Crippen molar-refractivity contribution >= 4 is 11.6 Å². The molecule has 0 aliphatic heterocycles. The number of hydrogen-bond acceptors (Lipinski definition) is 3. The van der Waals surface area contributed by atoms with Crippen LogP contribution in [0.4, 0.5) is 5.69 Å². The number of para-hydroxylation sites is 1. The van der Waals surface area contributed by atoms with Gasteiger partial charge in [-0.15, -0.1) is 0 Å². The molecule has 0 fully saturated rings. The van der Waals surface area contributed by atoms with Gasteiger partial charge in [0.05, 0.1) is 11.6 Å². The second-order valence-electron chi connectivity index (χ2n) is 4.49. The molecule has 1 aromatic rings. The van der Waals surface area contributed by atoms with Gasteiger partial charge in [0.1, 0.15) is 0 Å². The minimum Gasteiger partial charge on any atom is -0.389 e. The normalized spacial score (nSPS) is 16.1. The molecule has 17 heavy (non-hydrogen) atoms. The molecule has 4 N–H and O–H groups in total. The van der Waals surface area contributed by atoms with Crippen molar-refractivity contribution < 1.29 is 9.90 Å². The Morgan fingerprint density at radius 3 is 2.65 bits per heavy atom. The van der Waals surface area contributed by atoms with E-state index in [1.165, 1.54) is 0 Å². The molecule has 0 heterocycles. The Labute approximate surface area is 102 Å². The summed E-state index contributed by atoms with van der Waals surface area (Å²) in [6.07, 6.45) is -0.0764. The van der Waals surface area contributed by atoms with E-state index in [1.54, 1.807) is 32.0 Å². The molecule has 0 spiro atoms. The zero-order valence-corrected chi connectivity index (χ0v) is 10.5. The van der Waals surface area contributed by atoms with Crippen molar-refractivity contribution in [1.29, 1.82) is 0 Å². The van der Waals surface area contributed by atoms with Crippen LogP contribution in [0, 0.1) is 0 Å². The van der Waals surface area contributed by atoms with Gasteiger partial charge in [-0.1, -0.05) is 25.1 Å². The maximum atomic E-state index is 11.9. The molecule has 94 valence electrons. The summed E-state index contributed by atoms with van der Waals surface area (Å²) in [6.45, 7) is 5.21. The zero-order valence-electron chi connectivity index (χ0n) is 10.5. The highest BCUT2D eigenvalue weighted by Gasteiger charge is 2.26. The van der Waals surface area contributed by atoms with E-state index in [0.717, 1.165) is 0 Å². The average molecular weight is 236 g/mol. The number of nitrogens with two attached hydrogens (primary N) is 1. The molecule has 1 amide bonds. The van der Waals surface area contributed by atoms with Gasteiger partial charge >= 0.3 is 0 Å². The molecule has 2 unspecified atom stereocenters. The minimum atomic E-state index is -0.897. The van der Waals surface area contributed by atoms with Crippen molar-refractivity contribution in [2.24, 2.45) is 5.73 Å². The van der Waals surface area contributed by atoms with Crippen LogP contribution in [0.2, 0.25) is 0 Å². The van der Waals surface area contributed by atoms with Crippen LogP contribution in [0.5, 0.6) is 0 Å². The lowest BCUT2D eigenvalue weighted by molar-refractivity contribution is -0.120. The average Bonchev–Trinajstić information content (AvgIpc) is 2.29. The van der Waals surface area contributed by atoms with Gasteiger partial charge in [-0.2, -0.15) is 0 Å². The SMILES string of the molecule is CCC(C)(N)C(=O)Nc1ccccc1C(C)O. The lowest BCUT2D eigenvalue weighted by atomic mass is 9.99. The summed E-state index contributed by atoms with van der Waals surface area (Å²) in [7, 11) is 0. The second-order valence-corrected chi connectivity index (χ2v) is 4.49. The topological polar surface area (TPSA) is 75.4 Å². The fraction of sp³-hybridized carbons (Fsp3) is 0.462. The van der Waals surface area contributed by atoms with Crippen LogP contribution >= 0.6 is 0 Å². The molecule has 0 radical (unpaired) electrons. The molecule has 4 heteroatoms. The van der Waals surface area contributed by atoms with Crippen molar-refractivity contribution in [3.63, 3.8) is 0 Å². The Morgan fingerprint density at radius 1 is 1.53 bits per heavy atom. The predicted molar refractivity (Wildman–Crippen MR) is 68.6 cm³/mol. The van der Waals surface area contributed by atoms with Gasteiger partial charge in [0, 0.05) is 11.3 Å². The second kappa shape index (κ2) is 5.29. The third-order valence-electron chi connectivity index (χ3n) is 2.91. The van der Waals surface area contributed by atoms with Gasteiger partial charge in [-0.05, 0) is 26.3 Å². The van der Waals surface area contributed by atoms with Gasteiger partial charge in [0.15, 0.2) is 0 Å². The highest BCUT2D eigenvalue weighted by atomic mass is 16.3. The van der Waals surface area contributed by atoms with Crippen molar-refractivity contribution in [2.75, 3.05) is 5.32 Å². The number of carbonyl (C=O) groups is 1. The Morgan fingerprint density at radius 2 is 2.12 bits per heavy atom. The fourth-order valence-corrected chi connectivity index (χ4v) is 1.40. The van der Waals surface area contributed by atoms with Gasteiger partial charge in [0.2, 0.25) is 5.91 Å². The number of hydrogen-bond donors (Lipinski definition) is 3. The molecule has 0 bridgehead atoms. The Bertz CT molecular complexity index is 400. The third kappa shape index (κ3) is 3.28. The first-order chi connectivity index (χ1) is 7.88. The Kier molecular flexibility index (Phi) is 4.26. The maximum Gasteiger partial charge on any atom is 0.244 e. The van der Waals surface area contributed by atoms with Crippen LogP contribution < -0.4 is 11.1 Å². The van der Waals surface area contributed by atoms with E-state index in [2.05, 4.69) is 5.32 Å². The van der Waals surface area contributed by atoms with Crippen LogP contribution in [0.3, 0.4) is 0 Å². The Hall–Kier alpha value is -1.39. The molecule has 0 saturated carbocycles. The summed E-state index contributed by atoms with van der Waals surface area (Å²) in [5.41, 5.74) is 6.26. The van der Waals surface area contributed by atoms with E-state index in [-0.39, 0.29) is 5.91 Å². The monoisotopic (exact) mass is 236 g/mol. The van der Waals surface area contributed by atoms with Crippen molar-refractivity contribution in [2.45, 2.75) is 38.8 Å². The van der Waals surface area contributed by atoms with Crippen LogP contribution in [0.15, 0.2) is 24.3 Å². The van der Waals surface area contributed by atoms with E-state index in [4.69, 9.17) is 5.73 Å². The molecule has 2 atom stereocenters. The first-order valence-electron chi connectivity index (χ1n) is 5.76. The molecule has 0 aromatic heterocycles. The molecule has 4 nitrogen and oxygen atoms in total. The van der Waals surface area contributed by atoms with E-state index in [9.17, 15) is 9.90 Å². The van der Waals surface area contributed by atoms with Crippen LogP contribution in [0.1, 0.15) is 38.9 Å². The van der Waals surface area contributed by atoms with E-state index < -0.39 is 11.6 Å². The zero-order chi connectivity index (χ0) is 13.1. The van der Waals surface area contributed by atoms with Gasteiger partial charge in [-0.25, -0.2) is 0 Å². The molecular weight excluding hydrogens is 216 g/mol. The van der Waals surface area contributed by atoms with Crippen molar-refractivity contribution in [3.8, 4) is 0 Å². The van der Waals surface area contributed by atoms with Crippen LogP contribution in [0.25, 0.3) is 0 Å².